The summed E-state index contributed by atoms with van der Waals surface area (Å²) >= 11 is 0. The van der Waals surface area contributed by atoms with Crippen molar-refractivity contribution >= 4 is 17.7 Å². The molecule has 1 atom stereocenters. The number of rotatable bonds is 13. The first kappa shape index (κ1) is 26.1. The van der Waals surface area contributed by atoms with Crippen LogP contribution < -0.4 is 14.2 Å². The van der Waals surface area contributed by atoms with E-state index in [2.05, 4.69) is 6.92 Å². The van der Waals surface area contributed by atoms with Gasteiger partial charge in [0, 0.05) is 19.8 Å². The molecule has 2 aromatic rings. The zero-order valence-corrected chi connectivity index (χ0v) is 19.5. The second-order valence-electron chi connectivity index (χ2n) is 7.86. The van der Waals surface area contributed by atoms with E-state index >= 15 is 0 Å². The highest BCUT2D eigenvalue weighted by Crippen LogP contribution is 2.30. The summed E-state index contributed by atoms with van der Waals surface area (Å²) in [6.45, 7) is 3.35. The molecule has 178 valence electrons. The Hall–Kier alpha value is -3.19. The summed E-state index contributed by atoms with van der Waals surface area (Å²) in [4.78, 5) is 36.1. The first-order valence-electron chi connectivity index (χ1n) is 11.2. The van der Waals surface area contributed by atoms with Gasteiger partial charge in [-0.15, -0.1) is 0 Å². The first-order chi connectivity index (χ1) is 15.8. The van der Waals surface area contributed by atoms with Crippen molar-refractivity contribution in [1.82, 2.24) is 0 Å². The summed E-state index contributed by atoms with van der Waals surface area (Å²) in [5.41, 5.74) is 0.961. The van der Waals surface area contributed by atoms with E-state index in [1.807, 2.05) is 0 Å². The number of hydrogen-bond acceptors (Lipinski definition) is 7. The molecule has 0 aromatic heterocycles. The molecule has 0 radical (unpaired) electrons. The summed E-state index contributed by atoms with van der Waals surface area (Å²) < 4.78 is 15.9. The molecule has 1 N–H and O–H groups in total. The number of ether oxygens (including phenoxy) is 3. The Kier molecular flexibility index (Phi) is 10.6. The maximum Gasteiger partial charge on any atom is 0.347 e. The topological polar surface area (TPSA) is 99.1 Å². The average Bonchev–Trinajstić information content (AvgIpc) is 2.78. The second-order valence-corrected chi connectivity index (χ2v) is 7.86. The third kappa shape index (κ3) is 8.69. The van der Waals surface area contributed by atoms with Crippen molar-refractivity contribution in [2.45, 2.75) is 64.9 Å². The normalized spacial score (nSPS) is 11.5. The zero-order chi connectivity index (χ0) is 24.2. The lowest BCUT2D eigenvalue weighted by Crippen LogP contribution is -2.14. The van der Waals surface area contributed by atoms with Gasteiger partial charge in [-0.3, -0.25) is 9.59 Å². The van der Waals surface area contributed by atoms with Gasteiger partial charge in [0.2, 0.25) is 0 Å². The number of aryl methyl sites for hydroxylation is 1. The molecule has 7 nitrogen and oxygen atoms in total. The Morgan fingerprint density at radius 3 is 2.42 bits per heavy atom. The standard InChI is InChI=1S/C26H32O7/c1-4-5-6-9-20(28)17-21(29)14-12-19-13-15-24(25(16-19)31-3)33-26(30)22-10-7-8-11-23(22)32-18(2)27/h7-8,10-11,13,15-16,20,28H,4-6,9,12,14,17H2,1-3H3/t20-/m0/s1. The van der Waals surface area contributed by atoms with E-state index in [1.165, 1.54) is 26.2 Å². The third-order valence-corrected chi connectivity index (χ3v) is 5.09. The molecule has 0 amide bonds. The predicted molar refractivity (Wildman–Crippen MR) is 124 cm³/mol. The summed E-state index contributed by atoms with van der Waals surface area (Å²) in [5.74, 6) is -0.554. The van der Waals surface area contributed by atoms with Gasteiger partial charge in [0.15, 0.2) is 11.5 Å². The van der Waals surface area contributed by atoms with Crippen LogP contribution in [0.15, 0.2) is 42.5 Å². The van der Waals surface area contributed by atoms with Crippen molar-refractivity contribution in [3.05, 3.63) is 53.6 Å². The fraction of sp³-hybridized carbons (Fsp3) is 0.423. The molecule has 0 aliphatic heterocycles. The van der Waals surface area contributed by atoms with Gasteiger partial charge in [-0.1, -0.05) is 44.4 Å². The lowest BCUT2D eigenvalue weighted by atomic mass is 10.0. The van der Waals surface area contributed by atoms with Crippen LogP contribution in [-0.4, -0.2) is 36.0 Å². The Morgan fingerprint density at radius 1 is 0.970 bits per heavy atom. The summed E-state index contributed by atoms with van der Waals surface area (Å²) in [5, 5.41) is 9.99. The van der Waals surface area contributed by atoms with Gasteiger partial charge in [0.25, 0.3) is 0 Å². The highest BCUT2D eigenvalue weighted by atomic mass is 16.6. The SMILES string of the molecule is CCCCC[C@H](O)CC(=O)CCc1ccc(OC(=O)c2ccccc2OC(C)=O)c(OC)c1. The van der Waals surface area contributed by atoms with Crippen LogP contribution in [0.5, 0.6) is 17.2 Å². The molecule has 0 aliphatic rings. The van der Waals surface area contributed by atoms with E-state index < -0.39 is 18.0 Å². The Bertz CT molecular complexity index is 951. The molecule has 7 heteroatoms. The molecule has 0 saturated heterocycles. The van der Waals surface area contributed by atoms with Crippen molar-refractivity contribution in [2.75, 3.05) is 7.11 Å². The molecule has 0 heterocycles. The van der Waals surface area contributed by atoms with Crippen molar-refractivity contribution in [3.63, 3.8) is 0 Å². The molecule has 0 bridgehead atoms. The van der Waals surface area contributed by atoms with Gasteiger partial charge in [-0.2, -0.15) is 0 Å². The largest absolute Gasteiger partial charge is 0.493 e. The molecule has 0 fully saturated rings. The van der Waals surface area contributed by atoms with Gasteiger partial charge in [0.05, 0.1) is 13.2 Å². The first-order valence-corrected chi connectivity index (χ1v) is 11.2. The van der Waals surface area contributed by atoms with Crippen molar-refractivity contribution < 1.29 is 33.7 Å². The Labute approximate surface area is 194 Å². The van der Waals surface area contributed by atoms with Crippen LogP contribution >= 0.6 is 0 Å². The van der Waals surface area contributed by atoms with Crippen LogP contribution in [0.25, 0.3) is 0 Å². The minimum atomic E-state index is -0.690. The molecule has 33 heavy (non-hydrogen) atoms. The maximum atomic E-state index is 12.6. The van der Waals surface area contributed by atoms with Crippen molar-refractivity contribution in [2.24, 2.45) is 0 Å². The highest BCUT2D eigenvalue weighted by Gasteiger charge is 2.18. The minimum absolute atomic E-state index is 0.00977. The van der Waals surface area contributed by atoms with Gasteiger partial charge in [-0.05, 0) is 42.7 Å². The molecule has 0 aliphatic carbocycles. The lowest BCUT2D eigenvalue weighted by molar-refractivity contribution is -0.132. The van der Waals surface area contributed by atoms with Crippen LogP contribution in [-0.2, 0) is 16.0 Å². The molecule has 2 rings (SSSR count). The molecule has 0 unspecified atom stereocenters. The van der Waals surface area contributed by atoms with E-state index in [4.69, 9.17) is 14.2 Å². The number of hydrogen-bond donors (Lipinski definition) is 1. The van der Waals surface area contributed by atoms with Crippen LogP contribution in [0, 0.1) is 0 Å². The van der Waals surface area contributed by atoms with Crippen LogP contribution in [0.3, 0.4) is 0 Å². The number of methoxy groups -OCH3 is 1. The summed E-state index contributed by atoms with van der Waals surface area (Å²) in [7, 11) is 1.46. The number of Topliss-reactive ketones (excluding diaryl/α,β-unsaturated/α-hetero) is 1. The smallest absolute Gasteiger partial charge is 0.347 e. The number of para-hydroxylation sites is 1. The fourth-order valence-corrected chi connectivity index (χ4v) is 3.37. The number of carbonyl (C=O) groups excluding carboxylic acids is 3. The van der Waals surface area contributed by atoms with Crippen LogP contribution in [0.2, 0.25) is 0 Å². The van der Waals surface area contributed by atoms with E-state index in [9.17, 15) is 19.5 Å². The number of unbranched alkanes of at least 4 members (excludes halogenated alkanes) is 2. The molecule has 2 aromatic carbocycles. The fourth-order valence-electron chi connectivity index (χ4n) is 3.37. The quantitative estimate of drug-likeness (QED) is 0.266. The number of esters is 2. The summed E-state index contributed by atoms with van der Waals surface area (Å²) in [6, 6.07) is 11.4. The van der Waals surface area contributed by atoms with Gasteiger partial charge in [-0.25, -0.2) is 4.79 Å². The second kappa shape index (κ2) is 13.4. The number of carbonyl (C=O) groups is 3. The Morgan fingerprint density at radius 2 is 1.73 bits per heavy atom. The van der Waals surface area contributed by atoms with Gasteiger partial charge in [0.1, 0.15) is 17.1 Å². The van der Waals surface area contributed by atoms with Gasteiger partial charge < -0.3 is 19.3 Å². The van der Waals surface area contributed by atoms with Crippen LogP contribution in [0.4, 0.5) is 0 Å². The highest BCUT2D eigenvalue weighted by molar-refractivity contribution is 5.95. The van der Waals surface area contributed by atoms with E-state index in [-0.39, 0.29) is 29.3 Å². The van der Waals surface area contributed by atoms with E-state index in [0.29, 0.717) is 25.0 Å². The minimum Gasteiger partial charge on any atom is -0.493 e. The number of ketones is 1. The third-order valence-electron chi connectivity index (χ3n) is 5.09. The maximum absolute atomic E-state index is 12.6. The van der Waals surface area contributed by atoms with E-state index in [0.717, 1.165) is 24.8 Å². The van der Waals surface area contributed by atoms with E-state index in [1.54, 1.807) is 30.3 Å². The van der Waals surface area contributed by atoms with Crippen LogP contribution in [0.1, 0.15) is 68.3 Å². The zero-order valence-electron chi connectivity index (χ0n) is 19.5. The Balaban J connectivity index is 1.99. The monoisotopic (exact) mass is 456 g/mol. The lowest BCUT2D eigenvalue weighted by Gasteiger charge is -2.13. The molecular weight excluding hydrogens is 424 g/mol. The molecular formula is C26H32O7. The molecule has 0 saturated carbocycles. The van der Waals surface area contributed by atoms with Crippen molar-refractivity contribution in [1.29, 1.82) is 0 Å². The van der Waals surface area contributed by atoms with Crippen molar-refractivity contribution in [3.8, 4) is 17.2 Å². The summed E-state index contributed by atoms with van der Waals surface area (Å²) in [6.07, 6.45) is 4.07. The van der Waals surface area contributed by atoms with Gasteiger partial charge >= 0.3 is 11.9 Å². The number of benzene rings is 2. The molecule has 0 spiro atoms. The average molecular weight is 457 g/mol. The number of aliphatic hydroxyl groups is 1. The number of aliphatic hydroxyl groups excluding tert-OH is 1. The predicted octanol–water partition coefficient (Wildman–Crippen LogP) is 4.67.